The van der Waals surface area contributed by atoms with Crippen molar-refractivity contribution in [1.29, 1.82) is 0 Å². The fraction of sp³-hybridized carbons (Fsp3) is 0.391. The van der Waals surface area contributed by atoms with Gasteiger partial charge in [0.2, 0.25) is 0 Å². The van der Waals surface area contributed by atoms with Gasteiger partial charge in [-0.05, 0) is 38.5 Å². The number of rotatable bonds is 5. The first kappa shape index (κ1) is 19.3. The van der Waals surface area contributed by atoms with Crippen molar-refractivity contribution in [3.05, 3.63) is 59.9 Å². The van der Waals surface area contributed by atoms with Gasteiger partial charge in [-0.15, -0.1) is 0 Å². The van der Waals surface area contributed by atoms with Crippen LogP contribution in [-0.2, 0) is 6.42 Å². The van der Waals surface area contributed by atoms with Crippen LogP contribution in [0.4, 0.5) is 0 Å². The Bertz CT molecular complexity index is 974. The van der Waals surface area contributed by atoms with Crippen LogP contribution in [0.25, 0.3) is 11.0 Å². The smallest absolute Gasteiger partial charge is 0.191 e. The van der Waals surface area contributed by atoms with Gasteiger partial charge in [-0.1, -0.05) is 30.3 Å². The standard InChI is InChI=1S/C23H29N5O/c1-23(2)15-19(16-9-4-7-12-20(16)29-23)28-22(24-3)25-14-8-13-21-26-17-10-5-6-11-18(17)27-21/h4-7,9-12,19H,8,13-15H2,1-3H3,(H,26,27)(H2,24,25,28). The van der Waals surface area contributed by atoms with Gasteiger partial charge in [0.25, 0.3) is 0 Å². The van der Waals surface area contributed by atoms with E-state index in [0.29, 0.717) is 0 Å². The van der Waals surface area contributed by atoms with Crippen LogP contribution in [0, 0.1) is 0 Å². The normalized spacial score (nSPS) is 18.2. The number of nitrogens with one attached hydrogen (secondary N) is 3. The fourth-order valence-corrected chi connectivity index (χ4v) is 3.88. The van der Waals surface area contributed by atoms with E-state index in [9.17, 15) is 0 Å². The van der Waals surface area contributed by atoms with Crippen LogP contribution < -0.4 is 15.4 Å². The minimum Gasteiger partial charge on any atom is -0.487 e. The molecule has 0 saturated carbocycles. The van der Waals surface area contributed by atoms with Gasteiger partial charge in [0, 0.05) is 32.0 Å². The molecule has 2 heterocycles. The van der Waals surface area contributed by atoms with Gasteiger partial charge in [-0.25, -0.2) is 4.98 Å². The molecule has 0 aliphatic carbocycles. The molecule has 2 aromatic carbocycles. The molecule has 1 aliphatic rings. The monoisotopic (exact) mass is 391 g/mol. The third-order valence-electron chi connectivity index (χ3n) is 5.23. The number of nitrogens with zero attached hydrogens (tertiary/aromatic N) is 2. The summed E-state index contributed by atoms with van der Waals surface area (Å²) in [5, 5.41) is 7.01. The molecule has 152 valence electrons. The highest BCUT2D eigenvalue weighted by Gasteiger charge is 2.33. The predicted molar refractivity (Wildman–Crippen MR) is 117 cm³/mol. The Morgan fingerprint density at radius 2 is 2.00 bits per heavy atom. The van der Waals surface area contributed by atoms with E-state index in [0.717, 1.165) is 54.4 Å². The molecule has 4 rings (SSSR count). The summed E-state index contributed by atoms with van der Waals surface area (Å²) in [6, 6.07) is 16.5. The van der Waals surface area contributed by atoms with Crippen molar-refractivity contribution < 1.29 is 4.74 Å². The molecule has 0 fully saturated rings. The summed E-state index contributed by atoms with van der Waals surface area (Å²) in [7, 11) is 1.81. The first-order valence-electron chi connectivity index (χ1n) is 10.2. The Hall–Kier alpha value is -3.02. The highest BCUT2D eigenvalue weighted by Crippen LogP contribution is 2.39. The Balaban J connectivity index is 1.33. The maximum absolute atomic E-state index is 6.13. The topological polar surface area (TPSA) is 74.3 Å². The number of benzene rings is 2. The van der Waals surface area contributed by atoms with Crippen molar-refractivity contribution in [2.75, 3.05) is 13.6 Å². The summed E-state index contributed by atoms with van der Waals surface area (Å²) >= 11 is 0. The maximum Gasteiger partial charge on any atom is 0.191 e. The molecule has 6 nitrogen and oxygen atoms in total. The van der Waals surface area contributed by atoms with Gasteiger partial charge in [0.1, 0.15) is 17.2 Å². The van der Waals surface area contributed by atoms with Crippen molar-refractivity contribution in [3.63, 3.8) is 0 Å². The molecule has 6 heteroatoms. The van der Waals surface area contributed by atoms with Crippen molar-refractivity contribution in [2.45, 2.75) is 44.8 Å². The zero-order chi connectivity index (χ0) is 20.3. The number of para-hydroxylation sites is 3. The number of hydrogen-bond donors (Lipinski definition) is 3. The first-order chi connectivity index (χ1) is 14.0. The number of aromatic nitrogens is 2. The Kier molecular flexibility index (Phi) is 5.43. The van der Waals surface area contributed by atoms with E-state index in [1.807, 2.05) is 37.4 Å². The lowest BCUT2D eigenvalue weighted by Gasteiger charge is -2.38. The molecule has 0 radical (unpaired) electrons. The highest BCUT2D eigenvalue weighted by molar-refractivity contribution is 5.80. The largest absolute Gasteiger partial charge is 0.487 e. The molecule has 3 aromatic rings. The number of H-pyrrole nitrogens is 1. The average Bonchev–Trinajstić information content (AvgIpc) is 3.12. The number of aromatic amines is 1. The van der Waals surface area contributed by atoms with Gasteiger partial charge >= 0.3 is 0 Å². The summed E-state index contributed by atoms with van der Waals surface area (Å²) in [6.07, 6.45) is 2.74. The molecular formula is C23H29N5O. The first-order valence-corrected chi connectivity index (χ1v) is 10.2. The molecule has 1 unspecified atom stereocenters. The van der Waals surface area contributed by atoms with E-state index in [2.05, 4.69) is 57.6 Å². The lowest BCUT2D eigenvalue weighted by molar-refractivity contribution is 0.0694. The number of aliphatic imine (C=N–C) groups is 1. The number of imidazole rings is 1. The molecule has 0 amide bonds. The van der Waals surface area contributed by atoms with Crippen LogP contribution in [0.15, 0.2) is 53.5 Å². The van der Waals surface area contributed by atoms with Crippen LogP contribution in [0.3, 0.4) is 0 Å². The van der Waals surface area contributed by atoms with Crippen molar-refractivity contribution in [2.24, 2.45) is 4.99 Å². The van der Waals surface area contributed by atoms with E-state index in [4.69, 9.17) is 4.74 Å². The molecule has 1 atom stereocenters. The number of ether oxygens (including phenoxy) is 1. The van der Waals surface area contributed by atoms with Gasteiger partial charge in [0.05, 0.1) is 17.1 Å². The number of hydrogen-bond acceptors (Lipinski definition) is 3. The lowest BCUT2D eigenvalue weighted by atomic mass is 9.90. The third-order valence-corrected chi connectivity index (χ3v) is 5.23. The molecule has 0 bridgehead atoms. The molecule has 29 heavy (non-hydrogen) atoms. The minimum absolute atomic E-state index is 0.163. The second-order valence-electron chi connectivity index (χ2n) is 8.10. The molecular weight excluding hydrogens is 362 g/mol. The molecule has 0 spiro atoms. The number of aryl methyl sites for hydroxylation is 1. The van der Waals surface area contributed by atoms with Crippen LogP contribution in [0.2, 0.25) is 0 Å². The van der Waals surface area contributed by atoms with E-state index in [1.165, 1.54) is 5.56 Å². The van der Waals surface area contributed by atoms with E-state index < -0.39 is 0 Å². The number of guanidine groups is 1. The van der Waals surface area contributed by atoms with Crippen LogP contribution >= 0.6 is 0 Å². The van der Waals surface area contributed by atoms with Gasteiger partial charge in [-0.2, -0.15) is 0 Å². The second kappa shape index (κ2) is 8.15. The third kappa shape index (κ3) is 4.53. The summed E-state index contributed by atoms with van der Waals surface area (Å²) < 4.78 is 6.13. The highest BCUT2D eigenvalue weighted by atomic mass is 16.5. The fourth-order valence-electron chi connectivity index (χ4n) is 3.88. The maximum atomic E-state index is 6.13. The van der Waals surface area contributed by atoms with Crippen molar-refractivity contribution >= 4 is 17.0 Å². The van der Waals surface area contributed by atoms with E-state index in [-0.39, 0.29) is 11.6 Å². The quantitative estimate of drug-likeness (QED) is 0.350. The summed E-state index contributed by atoms with van der Waals surface area (Å²) in [5.41, 5.74) is 3.08. The Morgan fingerprint density at radius 3 is 2.83 bits per heavy atom. The Morgan fingerprint density at radius 1 is 1.21 bits per heavy atom. The lowest BCUT2D eigenvalue weighted by Crippen LogP contribution is -2.45. The van der Waals surface area contributed by atoms with E-state index in [1.54, 1.807) is 0 Å². The van der Waals surface area contributed by atoms with Crippen molar-refractivity contribution in [1.82, 2.24) is 20.6 Å². The summed E-state index contributed by atoms with van der Waals surface area (Å²) in [6.45, 7) is 5.08. The molecule has 1 aromatic heterocycles. The van der Waals surface area contributed by atoms with E-state index >= 15 is 0 Å². The van der Waals surface area contributed by atoms with Crippen LogP contribution in [0.1, 0.15) is 44.1 Å². The zero-order valence-electron chi connectivity index (χ0n) is 17.3. The predicted octanol–water partition coefficient (Wildman–Crippen LogP) is 3.96. The SMILES string of the molecule is CN=C(NCCCc1nc2ccccc2[nH]1)NC1CC(C)(C)Oc2ccccc21. The van der Waals surface area contributed by atoms with Gasteiger partial charge in [-0.3, -0.25) is 4.99 Å². The Labute approximate surface area is 171 Å². The minimum atomic E-state index is -0.216. The summed E-state index contributed by atoms with van der Waals surface area (Å²) in [4.78, 5) is 12.4. The van der Waals surface area contributed by atoms with Crippen molar-refractivity contribution in [3.8, 4) is 5.75 Å². The average molecular weight is 392 g/mol. The van der Waals surface area contributed by atoms with Gasteiger partial charge in [0.15, 0.2) is 5.96 Å². The number of fused-ring (bicyclic) bond motifs is 2. The van der Waals surface area contributed by atoms with Gasteiger partial charge < -0.3 is 20.4 Å². The zero-order valence-corrected chi connectivity index (χ0v) is 17.3. The summed E-state index contributed by atoms with van der Waals surface area (Å²) in [5.74, 6) is 2.78. The molecule has 0 saturated heterocycles. The molecule has 3 N–H and O–H groups in total. The molecule has 1 aliphatic heterocycles. The van der Waals surface area contributed by atoms with Crippen LogP contribution in [-0.4, -0.2) is 35.1 Å². The van der Waals surface area contributed by atoms with Crippen LogP contribution in [0.5, 0.6) is 5.75 Å². The second-order valence-corrected chi connectivity index (χ2v) is 8.10.